The van der Waals surface area contributed by atoms with Crippen molar-refractivity contribution in [3.8, 4) is 0 Å². The normalized spacial score (nSPS) is 20.9. The molecule has 60 valence electrons. The molecule has 2 heteroatoms. The third-order valence-corrected chi connectivity index (χ3v) is 1.75. The Hall–Kier alpha value is -1.05. The molecule has 0 saturated heterocycles. The first-order valence-corrected chi connectivity index (χ1v) is 3.96. The van der Waals surface area contributed by atoms with Gasteiger partial charge >= 0.3 is 0 Å². The molecule has 0 spiro atoms. The summed E-state index contributed by atoms with van der Waals surface area (Å²) in [7, 11) is 1.81. The van der Waals surface area contributed by atoms with Crippen LogP contribution in [0.4, 0.5) is 0 Å². The summed E-state index contributed by atoms with van der Waals surface area (Å²) in [5, 5.41) is 3.13. The summed E-state index contributed by atoms with van der Waals surface area (Å²) >= 11 is 0. The number of allylic oxidation sites excluding steroid dienone is 2. The van der Waals surface area contributed by atoms with Crippen molar-refractivity contribution >= 4 is 5.84 Å². The van der Waals surface area contributed by atoms with Gasteiger partial charge in [0.2, 0.25) is 0 Å². The lowest BCUT2D eigenvalue weighted by molar-refractivity contribution is 1.11. The van der Waals surface area contributed by atoms with E-state index in [1.54, 1.807) is 0 Å². The molecule has 0 atom stereocenters. The van der Waals surface area contributed by atoms with Crippen LogP contribution in [0.5, 0.6) is 0 Å². The molecule has 1 heterocycles. The van der Waals surface area contributed by atoms with Crippen LogP contribution in [0, 0.1) is 0 Å². The van der Waals surface area contributed by atoms with Gasteiger partial charge in [0, 0.05) is 7.05 Å². The fourth-order valence-electron chi connectivity index (χ4n) is 1.13. The molecular formula is C9H14N2. The van der Waals surface area contributed by atoms with Crippen LogP contribution in [-0.2, 0) is 0 Å². The molecule has 1 rings (SSSR count). The van der Waals surface area contributed by atoms with Crippen LogP contribution < -0.4 is 5.32 Å². The summed E-state index contributed by atoms with van der Waals surface area (Å²) in [6, 6.07) is 0. The number of hydrogen-bond donors (Lipinski definition) is 1. The van der Waals surface area contributed by atoms with Crippen molar-refractivity contribution in [1.82, 2.24) is 5.32 Å². The molecule has 1 aliphatic rings. The van der Waals surface area contributed by atoms with E-state index >= 15 is 0 Å². The summed E-state index contributed by atoms with van der Waals surface area (Å²) in [4.78, 5) is 4.15. The molecule has 0 unspecified atom stereocenters. The van der Waals surface area contributed by atoms with Crippen LogP contribution in [-0.4, -0.2) is 12.9 Å². The van der Waals surface area contributed by atoms with Gasteiger partial charge in [-0.1, -0.05) is 19.1 Å². The largest absolute Gasteiger partial charge is 0.347 e. The van der Waals surface area contributed by atoms with E-state index in [-0.39, 0.29) is 0 Å². The second-order valence-corrected chi connectivity index (χ2v) is 2.44. The molecule has 2 nitrogen and oxygen atoms in total. The van der Waals surface area contributed by atoms with Crippen molar-refractivity contribution < 1.29 is 0 Å². The zero-order valence-corrected chi connectivity index (χ0v) is 7.09. The number of amidine groups is 1. The van der Waals surface area contributed by atoms with Gasteiger partial charge in [-0.25, -0.2) is 0 Å². The fraction of sp³-hybridized carbons (Fsp3) is 0.444. The molecule has 1 aliphatic heterocycles. The average molecular weight is 150 g/mol. The lowest BCUT2D eigenvalue weighted by atomic mass is 10.1. The summed E-state index contributed by atoms with van der Waals surface area (Å²) in [5.41, 5.74) is 1.30. The van der Waals surface area contributed by atoms with Gasteiger partial charge in [-0.2, -0.15) is 0 Å². The Labute approximate surface area is 67.7 Å². The van der Waals surface area contributed by atoms with E-state index < -0.39 is 0 Å². The van der Waals surface area contributed by atoms with Gasteiger partial charge in [0.15, 0.2) is 0 Å². The predicted molar refractivity (Wildman–Crippen MR) is 48.6 cm³/mol. The number of aliphatic imine (C=N–C) groups is 1. The third-order valence-electron chi connectivity index (χ3n) is 1.75. The Morgan fingerprint density at radius 1 is 1.64 bits per heavy atom. The van der Waals surface area contributed by atoms with Crippen LogP contribution in [0.2, 0.25) is 0 Å². The molecule has 0 radical (unpaired) electrons. The topological polar surface area (TPSA) is 24.4 Å². The first-order valence-electron chi connectivity index (χ1n) is 3.96. The maximum Gasteiger partial charge on any atom is 0.127 e. The van der Waals surface area contributed by atoms with Gasteiger partial charge < -0.3 is 5.32 Å². The van der Waals surface area contributed by atoms with Crippen molar-refractivity contribution in [2.45, 2.75) is 19.8 Å². The summed E-state index contributed by atoms with van der Waals surface area (Å²) in [5.74, 6) is 1.00. The Balaban J connectivity index is 2.81. The maximum atomic E-state index is 4.15. The summed E-state index contributed by atoms with van der Waals surface area (Å²) < 4.78 is 0. The molecule has 0 fully saturated rings. The van der Waals surface area contributed by atoms with Gasteiger partial charge in [-0.15, -0.1) is 0 Å². The van der Waals surface area contributed by atoms with E-state index in [1.807, 2.05) is 13.2 Å². The number of hydrogen-bond acceptors (Lipinski definition) is 1. The van der Waals surface area contributed by atoms with Crippen LogP contribution in [0.25, 0.3) is 0 Å². The van der Waals surface area contributed by atoms with E-state index in [4.69, 9.17) is 0 Å². The highest BCUT2D eigenvalue weighted by Crippen LogP contribution is 2.06. The molecule has 0 saturated carbocycles. The highest BCUT2D eigenvalue weighted by atomic mass is 15.0. The SMILES string of the molecule is CCC1=CCC=CNC1=NC. The second-order valence-electron chi connectivity index (χ2n) is 2.44. The quantitative estimate of drug-likeness (QED) is 0.606. The first kappa shape index (κ1) is 8.05. The van der Waals surface area contributed by atoms with Crippen molar-refractivity contribution in [1.29, 1.82) is 0 Å². The average Bonchev–Trinajstić information content (AvgIpc) is 2.27. The fourth-order valence-corrected chi connectivity index (χ4v) is 1.13. The molecule has 0 aromatic carbocycles. The maximum absolute atomic E-state index is 4.15. The minimum atomic E-state index is 1.00. The van der Waals surface area contributed by atoms with Gasteiger partial charge in [0.05, 0.1) is 0 Å². The monoisotopic (exact) mass is 150 g/mol. The van der Waals surface area contributed by atoms with Crippen LogP contribution in [0.3, 0.4) is 0 Å². The molecule has 0 aromatic rings. The second kappa shape index (κ2) is 3.96. The Morgan fingerprint density at radius 3 is 3.09 bits per heavy atom. The molecule has 1 N–H and O–H groups in total. The van der Waals surface area contributed by atoms with Crippen molar-refractivity contribution in [3.63, 3.8) is 0 Å². The van der Waals surface area contributed by atoms with E-state index in [9.17, 15) is 0 Å². The van der Waals surface area contributed by atoms with Crippen LogP contribution >= 0.6 is 0 Å². The van der Waals surface area contributed by atoms with Gasteiger partial charge in [0.25, 0.3) is 0 Å². The van der Waals surface area contributed by atoms with E-state index in [1.165, 1.54) is 5.57 Å². The van der Waals surface area contributed by atoms with Gasteiger partial charge in [-0.05, 0) is 24.6 Å². The van der Waals surface area contributed by atoms with E-state index in [0.717, 1.165) is 18.7 Å². The number of nitrogens with one attached hydrogen (secondary N) is 1. The lowest BCUT2D eigenvalue weighted by Gasteiger charge is -2.05. The smallest absolute Gasteiger partial charge is 0.127 e. The van der Waals surface area contributed by atoms with Crippen molar-refractivity contribution in [3.05, 3.63) is 23.9 Å². The van der Waals surface area contributed by atoms with Crippen molar-refractivity contribution in [2.24, 2.45) is 4.99 Å². The molecule has 0 aromatic heterocycles. The Bertz CT molecular complexity index is 212. The number of nitrogens with zero attached hydrogens (tertiary/aromatic N) is 1. The predicted octanol–water partition coefficient (Wildman–Crippen LogP) is 1.86. The minimum absolute atomic E-state index is 1.00. The molecule has 11 heavy (non-hydrogen) atoms. The lowest BCUT2D eigenvalue weighted by Crippen LogP contribution is -2.18. The summed E-state index contributed by atoms with van der Waals surface area (Å²) in [6.45, 7) is 2.14. The zero-order chi connectivity index (χ0) is 8.10. The first-order chi connectivity index (χ1) is 5.38. The molecule has 0 aliphatic carbocycles. The molecular weight excluding hydrogens is 136 g/mol. The number of rotatable bonds is 1. The standard InChI is InChI=1S/C9H14N2/c1-3-8-6-4-5-7-11-9(8)10-2/h5-7H,3-4H2,1-2H3,(H,10,11). The van der Waals surface area contributed by atoms with Gasteiger partial charge in [-0.3, -0.25) is 4.99 Å². The van der Waals surface area contributed by atoms with Crippen LogP contribution in [0.1, 0.15) is 19.8 Å². The molecule has 0 amide bonds. The zero-order valence-electron chi connectivity index (χ0n) is 7.09. The highest BCUT2D eigenvalue weighted by molar-refractivity contribution is 5.99. The van der Waals surface area contributed by atoms with Crippen molar-refractivity contribution in [2.75, 3.05) is 7.05 Å². The Kier molecular flexibility index (Phi) is 2.90. The van der Waals surface area contributed by atoms with E-state index in [0.29, 0.717) is 0 Å². The van der Waals surface area contributed by atoms with Gasteiger partial charge in [0.1, 0.15) is 5.84 Å². The third kappa shape index (κ3) is 1.93. The van der Waals surface area contributed by atoms with Crippen LogP contribution in [0.15, 0.2) is 28.9 Å². The minimum Gasteiger partial charge on any atom is -0.347 e. The van der Waals surface area contributed by atoms with E-state index in [2.05, 4.69) is 29.4 Å². The molecule has 0 bridgehead atoms. The highest BCUT2D eigenvalue weighted by Gasteiger charge is 2.02. The summed E-state index contributed by atoms with van der Waals surface area (Å²) in [6.07, 6.45) is 8.30. The Morgan fingerprint density at radius 2 is 2.45 bits per heavy atom.